The maximum Gasteiger partial charge on any atom is 0.0661 e. The fourth-order valence-electron chi connectivity index (χ4n) is 1.05. The highest BCUT2D eigenvalue weighted by molar-refractivity contribution is 5.75. The highest BCUT2D eigenvalue weighted by Gasteiger charge is 2.01. The van der Waals surface area contributed by atoms with E-state index in [1.165, 1.54) is 5.56 Å². The molecule has 1 aromatic carbocycles. The first-order chi connectivity index (χ1) is 6.47. The molecule has 1 aliphatic rings. The Balaban J connectivity index is 0.000000171. The number of para-hydroxylation sites is 1. The zero-order valence-electron chi connectivity index (χ0n) is 9.54. The predicted molar refractivity (Wildman–Crippen MR) is 63.4 cm³/mol. The van der Waals surface area contributed by atoms with Crippen molar-refractivity contribution < 1.29 is 0 Å². The Labute approximate surface area is 86.9 Å². The lowest BCUT2D eigenvalue weighted by Gasteiger charge is -2.05. The van der Waals surface area contributed by atoms with Gasteiger partial charge in [0.2, 0.25) is 0 Å². The standard InChI is InChI=1S/C8H7N.C5H12/c1-2-4-8-7(3-1)5-6-9-8;1-5(2,3)4/h1-4,6H,5H2;1-4H3. The van der Waals surface area contributed by atoms with E-state index >= 15 is 0 Å². The summed E-state index contributed by atoms with van der Waals surface area (Å²) in [5.74, 6) is 0. The lowest BCUT2D eigenvalue weighted by molar-refractivity contribution is 0.469. The van der Waals surface area contributed by atoms with Crippen molar-refractivity contribution in [1.29, 1.82) is 0 Å². The van der Waals surface area contributed by atoms with Gasteiger partial charge in [-0.05, 0) is 17.0 Å². The largest absolute Gasteiger partial charge is 0.261 e. The van der Waals surface area contributed by atoms with Crippen LogP contribution in [0.25, 0.3) is 0 Å². The Hall–Kier alpha value is -1.11. The lowest BCUT2D eigenvalue weighted by Crippen LogP contribution is -1.93. The minimum absolute atomic E-state index is 0.500. The molecular formula is C13H19N. The maximum absolute atomic E-state index is 4.17. The van der Waals surface area contributed by atoms with E-state index in [9.17, 15) is 0 Å². The third-order valence-corrected chi connectivity index (χ3v) is 1.53. The SMILES string of the molecule is C1=Nc2ccccc2C1.CC(C)(C)C. The van der Waals surface area contributed by atoms with Gasteiger partial charge in [0, 0.05) is 12.6 Å². The Morgan fingerprint density at radius 1 is 1.07 bits per heavy atom. The van der Waals surface area contributed by atoms with Gasteiger partial charge in [-0.2, -0.15) is 0 Å². The Kier molecular flexibility index (Phi) is 3.45. The number of hydrogen-bond donors (Lipinski definition) is 0. The van der Waals surface area contributed by atoms with Crippen molar-refractivity contribution in [1.82, 2.24) is 0 Å². The number of benzene rings is 1. The first kappa shape index (κ1) is 11.0. The highest BCUT2D eigenvalue weighted by atomic mass is 14.7. The van der Waals surface area contributed by atoms with Gasteiger partial charge in [-0.25, -0.2) is 0 Å². The highest BCUT2D eigenvalue weighted by Crippen LogP contribution is 2.22. The van der Waals surface area contributed by atoms with Gasteiger partial charge in [0.05, 0.1) is 5.69 Å². The summed E-state index contributed by atoms with van der Waals surface area (Å²) in [6.45, 7) is 8.75. The summed E-state index contributed by atoms with van der Waals surface area (Å²) in [5, 5.41) is 0. The summed E-state index contributed by atoms with van der Waals surface area (Å²) in [6, 6.07) is 8.22. The van der Waals surface area contributed by atoms with Crippen molar-refractivity contribution in [3.63, 3.8) is 0 Å². The average Bonchev–Trinajstić information content (AvgIpc) is 2.47. The van der Waals surface area contributed by atoms with E-state index in [2.05, 4.69) is 38.8 Å². The average molecular weight is 189 g/mol. The van der Waals surface area contributed by atoms with E-state index in [1.54, 1.807) is 0 Å². The van der Waals surface area contributed by atoms with Crippen LogP contribution in [0.5, 0.6) is 0 Å². The molecule has 0 saturated carbocycles. The number of fused-ring (bicyclic) bond motifs is 1. The normalized spacial score (nSPS) is 13.1. The number of nitrogens with zero attached hydrogens (tertiary/aromatic N) is 1. The number of aliphatic imine (C=N–C) groups is 1. The molecule has 76 valence electrons. The molecule has 1 aromatic rings. The third-order valence-electron chi connectivity index (χ3n) is 1.53. The number of rotatable bonds is 0. The van der Waals surface area contributed by atoms with Crippen molar-refractivity contribution in [3.8, 4) is 0 Å². The van der Waals surface area contributed by atoms with Crippen LogP contribution in [0.15, 0.2) is 29.3 Å². The van der Waals surface area contributed by atoms with Crippen LogP contribution in [0, 0.1) is 5.41 Å². The van der Waals surface area contributed by atoms with Gasteiger partial charge in [0.15, 0.2) is 0 Å². The molecule has 0 aliphatic carbocycles. The summed E-state index contributed by atoms with van der Waals surface area (Å²) >= 11 is 0. The fourth-order valence-corrected chi connectivity index (χ4v) is 1.05. The second kappa shape index (κ2) is 4.41. The molecule has 0 spiro atoms. The summed E-state index contributed by atoms with van der Waals surface area (Å²) in [6.07, 6.45) is 2.96. The van der Waals surface area contributed by atoms with Crippen LogP contribution in [-0.2, 0) is 6.42 Å². The molecule has 2 rings (SSSR count). The maximum atomic E-state index is 4.17. The van der Waals surface area contributed by atoms with Crippen LogP contribution in [-0.4, -0.2) is 6.21 Å². The minimum atomic E-state index is 0.500. The quantitative estimate of drug-likeness (QED) is 0.585. The monoisotopic (exact) mass is 189 g/mol. The summed E-state index contributed by atoms with van der Waals surface area (Å²) in [4.78, 5) is 4.17. The van der Waals surface area contributed by atoms with E-state index in [0.717, 1.165) is 12.1 Å². The molecule has 1 heteroatoms. The molecule has 1 aliphatic heterocycles. The second-order valence-electron chi connectivity index (χ2n) is 5.14. The van der Waals surface area contributed by atoms with Gasteiger partial charge in [0.1, 0.15) is 0 Å². The van der Waals surface area contributed by atoms with Crippen LogP contribution in [0.4, 0.5) is 5.69 Å². The zero-order valence-corrected chi connectivity index (χ0v) is 9.54. The topological polar surface area (TPSA) is 12.4 Å². The molecule has 0 aromatic heterocycles. The van der Waals surface area contributed by atoms with Crippen LogP contribution in [0.1, 0.15) is 33.3 Å². The molecule has 0 radical (unpaired) electrons. The zero-order chi connectivity index (χ0) is 10.6. The molecule has 14 heavy (non-hydrogen) atoms. The van der Waals surface area contributed by atoms with Crippen molar-refractivity contribution in [2.45, 2.75) is 34.1 Å². The molecular weight excluding hydrogens is 170 g/mol. The molecule has 0 saturated heterocycles. The van der Waals surface area contributed by atoms with Gasteiger partial charge in [-0.3, -0.25) is 4.99 Å². The molecule has 0 amide bonds. The van der Waals surface area contributed by atoms with Crippen molar-refractivity contribution in [3.05, 3.63) is 29.8 Å². The molecule has 0 fully saturated rings. The van der Waals surface area contributed by atoms with Crippen LogP contribution >= 0.6 is 0 Å². The van der Waals surface area contributed by atoms with Crippen LogP contribution in [0.2, 0.25) is 0 Å². The van der Waals surface area contributed by atoms with Crippen LogP contribution < -0.4 is 0 Å². The van der Waals surface area contributed by atoms with Gasteiger partial charge in [-0.15, -0.1) is 0 Å². The van der Waals surface area contributed by atoms with Gasteiger partial charge in [-0.1, -0.05) is 45.9 Å². The first-order valence-electron chi connectivity index (χ1n) is 5.07. The van der Waals surface area contributed by atoms with E-state index in [1.807, 2.05) is 24.4 Å². The minimum Gasteiger partial charge on any atom is -0.261 e. The van der Waals surface area contributed by atoms with Crippen molar-refractivity contribution in [2.24, 2.45) is 10.4 Å². The predicted octanol–water partition coefficient (Wildman–Crippen LogP) is 4.00. The molecule has 1 nitrogen and oxygen atoms in total. The van der Waals surface area contributed by atoms with Gasteiger partial charge >= 0.3 is 0 Å². The van der Waals surface area contributed by atoms with E-state index in [0.29, 0.717) is 5.41 Å². The summed E-state index contributed by atoms with van der Waals surface area (Å²) in [5.41, 5.74) is 2.98. The third kappa shape index (κ3) is 4.22. The Bertz CT molecular complexity index is 312. The summed E-state index contributed by atoms with van der Waals surface area (Å²) < 4.78 is 0. The van der Waals surface area contributed by atoms with E-state index in [-0.39, 0.29) is 0 Å². The molecule has 0 unspecified atom stereocenters. The lowest BCUT2D eigenvalue weighted by atomic mass is 10.0. The van der Waals surface area contributed by atoms with E-state index < -0.39 is 0 Å². The number of hydrogen-bond acceptors (Lipinski definition) is 1. The van der Waals surface area contributed by atoms with E-state index in [4.69, 9.17) is 0 Å². The first-order valence-corrected chi connectivity index (χ1v) is 5.07. The summed E-state index contributed by atoms with van der Waals surface area (Å²) in [7, 11) is 0. The molecule has 1 heterocycles. The van der Waals surface area contributed by atoms with Crippen molar-refractivity contribution in [2.75, 3.05) is 0 Å². The molecule has 0 bridgehead atoms. The van der Waals surface area contributed by atoms with Crippen molar-refractivity contribution >= 4 is 11.9 Å². The Morgan fingerprint density at radius 2 is 1.64 bits per heavy atom. The van der Waals surface area contributed by atoms with Gasteiger partial charge < -0.3 is 0 Å². The molecule has 0 N–H and O–H groups in total. The second-order valence-corrected chi connectivity index (χ2v) is 5.14. The van der Waals surface area contributed by atoms with Crippen LogP contribution in [0.3, 0.4) is 0 Å². The Morgan fingerprint density at radius 3 is 2.21 bits per heavy atom. The van der Waals surface area contributed by atoms with Gasteiger partial charge in [0.25, 0.3) is 0 Å². The molecule has 0 atom stereocenters. The smallest absolute Gasteiger partial charge is 0.0661 e. The fraction of sp³-hybridized carbons (Fsp3) is 0.462.